The Hall–Kier alpha value is -0.610. The summed E-state index contributed by atoms with van der Waals surface area (Å²) in [4.78, 5) is 12.3. The summed E-state index contributed by atoms with van der Waals surface area (Å²) in [6, 6.07) is 0. The number of unbranched alkanes of at least 4 members (excludes halogenated alkanes) is 1. The highest BCUT2D eigenvalue weighted by molar-refractivity contribution is 5.77. The van der Waals surface area contributed by atoms with Gasteiger partial charge in [-0.3, -0.25) is 4.79 Å². The fourth-order valence-electron chi connectivity index (χ4n) is 2.50. The van der Waals surface area contributed by atoms with Gasteiger partial charge in [-0.15, -0.1) is 0 Å². The van der Waals surface area contributed by atoms with Gasteiger partial charge in [-0.25, -0.2) is 0 Å². The molecule has 1 atom stereocenters. The third-order valence-corrected chi connectivity index (χ3v) is 4.27. The van der Waals surface area contributed by atoms with E-state index >= 15 is 0 Å². The Bertz CT molecular complexity index is 262. The van der Waals surface area contributed by atoms with Crippen LogP contribution in [-0.4, -0.2) is 32.3 Å². The Kier molecular flexibility index (Phi) is 7.39. The van der Waals surface area contributed by atoms with E-state index in [0.717, 1.165) is 12.8 Å². The first-order chi connectivity index (χ1) is 9.18. The average molecular weight is 271 g/mol. The van der Waals surface area contributed by atoms with Gasteiger partial charge in [0.1, 0.15) is 0 Å². The summed E-state index contributed by atoms with van der Waals surface area (Å²) in [5.74, 6) is 0.367. The molecule has 0 spiro atoms. The zero-order chi connectivity index (χ0) is 14.1. The molecule has 0 aliphatic carbocycles. The third-order valence-electron chi connectivity index (χ3n) is 4.27. The predicted octanol–water partition coefficient (Wildman–Crippen LogP) is 2.50. The fourth-order valence-corrected chi connectivity index (χ4v) is 2.50. The number of rotatable bonds is 8. The van der Waals surface area contributed by atoms with Crippen molar-refractivity contribution in [1.29, 1.82) is 0 Å². The van der Waals surface area contributed by atoms with Crippen molar-refractivity contribution in [3.05, 3.63) is 0 Å². The average Bonchev–Trinajstić information content (AvgIpc) is 2.47. The van der Waals surface area contributed by atoms with E-state index in [-0.39, 0.29) is 5.97 Å². The molecule has 1 aliphatic rings. The Morgan fingerprint density at radius 1 is 1.37 bits per heavy atom. The molecule has 1 heterocycles. The molecule has 0 aromatic heterocycles. The first-order valence-electron chi connectivity index (χ1n) is 7.63. The number of hydrogen-bond donors (Lipinski definition) is 1. The maximum absolute atomic E-state index is 12.3. The number of carbonyl (C=O) groups excluding carboxylic acids is 1. The van der Waals surface area contributed by atoms with Gasteiger partial charge in [-0.05, 0) is 25.2 Å². The molecule has 1 unspecified atom stereocenters. The van der Waals surface area contributed by atoms with Gasteiger partial charge in [-0.2, -0.15) is 0 Å². The highest BCUT2D eigenvalue weighted by atomic mass is 16.5. The van der Waals surface area contributed by atoms with Crippen molar-refractivity contribution in [2.75, 3.05) is 26.4 Å². The van der Waals surface area contributed by atoms with Crippen LogP contribution < -0.4 is 5.73 Å². The molecule has 4 nitrogen and oxygen atoms in total. The molecule has 0 saturated carbocycles. The highest BCUT2D eigenvalue weighted by Gasteiger charge is 2.40. The minimum atomic E-state index is -0.499. The molecule has 0 amide bonds. The number of nitrogens with two attached hydrogens (primary N) is 1. The molecule has 0 bridgehead atoms. The maximum atomic E-state index is 12.3. The Labute approximate surface area is 117 Å². The van der Waals surface area contributed by atoms with Gasteiger partial charge < -0.3 is 15.2 Å². The van der Waals surface area contributed by atoms with Gasteiger partial charge in [0.25, 0.3) is 0 Å². The lowest BCUT2D eigenvalue weighted by molar-refractivity contribution is -0.162. The summed E-state index contributed by atoms with van der Waals surface area (Å²) in [6.45, 7) is 6.46. The van der Waals surface area contributed by atoms with Crippen LogP contribution in [0.4, 0.5) is 0 Å². The van der Waals surface area contributed by atoms with Crippen LogP contribution in [0.1, 0.15) is 52.4 Å². The largest absolute Gasteiger partial charge is 0.465 e. The predicted molar refractivity (Wildman–Crippen MR) is 75.8 cm³/mol. The fraction of sp³-hybridized carbons (Fsp3) is 0.933. The van der Waals surface area contributed by atoms with Crippen LogP contribution >= 0.6 is 0 Å². The summed E-state index contributed by atoms with van der Waals surface area (Å²) in [6.07, 6.45) is 5.97. The zero-order valence-electron chi connectivity index (χ0n) is 12.5. The second-order valence-corrected chi connectivity index (χ2v) is 5.61. The molecule has 0 aromatic carbocycles. The highest BCUT2D eigenvalue weighted by Crippen LogP contribution is 2.31. The van der Waals surface area contributed by atoms with Crippen LogP contribution in [-0.2, 0) is 14.3 Å². The van der Waals surface area contributed by atoms with Crippen LogP contribution in [0, 0.1) is 11.3 Å². The number of hydrogen-bond acceptors (Lipinski definition) is 4. The van der Waals surface area contributed by atoms with Crippen LogP contribution in [0.2, 0.25) is 0 Å². The van der Waals surface area contributed by atoms with Crippen LogP contribution in [0.5, 0.6) is 0 Å². The number of ether oxygens (including phenoxy) is 2. The first-order valence-corrected chi connectivity index (χ1v) is 7.63. The van der Waals surface area contributed by atoms with Gasteiger partial charge in [0.15, 0.2) is 0 Å². The second kappa shape index (κ2) is 8.54. The van der Waals surface area contributed by atoms with Crippen molar-refractivity contribution in [1.82, 2.24) is 0 Å². The molecular formula is C15H29NO3. The van der Waals surface area contributed by atoms with Crippen LogP contribution in [0.15, 0.2) is 0 Å². The van der Waals surface area contributed by atoms with Gasteiger partial charge in [0, 0.05) is 19.8 Å². The molecule has 4 heteroatoms. The molecule has 1 rings (SSSR count). The smallest absolute Gasteiger partial charge is 0.313 e. The van der Waals surface area contributed by atoms with Crippen molar-refractivity contribution in [3.63, 3.8) is 0 Å². The molecule has 1 saturated heterocycles. The lowest BCUT2D eigenvalue weighted by Crippen LogP contribution is -2.44. The van der Waals surface area contributed by atoms with Gasteiger partial charge in [-0.1, -0.05) is 33.1 Å². The van der Waals surface area contributed by atoms with Gasteiger partial charge >= 0.3 is 5.97 Å². The molecule has 2 N–H and O–H groups in total. The molecule has 1 fully saturated rings. The Balaban J connectivity index is 2.43. The number of esters is 1. The maximum Gasteiger partial charge on any atom is 0.313 e. The van der Waals surface area contributed by atoms with E-state index in [0.29, 0.717) is 45.1 Å². The van der Waals surface area contributed by atoms with E-state index in [1.165, 1.54) is 12.8 Å². The topological polar surface area (TPSA) is 61.5 Å². The zero-order valence-corrected chi connectivity index (χ0v) is 12.5. The minimum absolute atomic E-state index is 0.117. The Morgan fingerprint density at radius 3 is 2.58 bits per heavy atom. The summed E-state index contributed by atoms with van der Waals surface area (Å²) >= 11 is 0. The molecule has 0 aromatic rings. The lowest BCUT2D eigenvalue weighted by Gasteiger charge is -2.34. The summed E-state index contributed by atoms with van der Waals surface area (Å²) in [5.41, 5.74) is 5.30. The minimum Gasteiger partial charge on any atom is -0.465 e. The molecule has 19 heavy (non-hydrogen) atoms. The van der Waals surface area contributed by atoms with E-state index in [4.69, 9.17) is 15.2 Å². The van der Waals surface area contributed by atoms with Crippen molar-refractivity contribution in [3.8, 4) is 0 Å². The van der Waals surface area contributed by atoms with Crippen molar-refractivity contribution in [2.45, 2.75) is 52.4 Å². The molecule has 0 radical (unpaired) electrons. The van der Waals surface area contributed by atoms with Gasteiger partial charge in [0.05, 0.1) is 12.0 Å². The SMILES string of the molecule is CCCCC(CC)COC(=O)C1(CN)CCOCC1. The van der Waals surface area contributed by atoms with Crippen molar-refractivity contribution in [2.24, 2.45) is 17.1 Å². The lowest BCUT2D eigenvalue weighted by atomic mass is 9.80. The first kappa shape index (κ1) is 16.4. The van der Waals surface area contributed by atoms with E-state index in [1.54, 1.807) is 0 Å². The van der Waals surface area contributed by atoms with Crippen LogP contribution in [0.25, 0.3) is 0 Å². The summed E-state index contributed by atoms with van der Waals surface area (Å²) < 4.78 is 10.9. The van der Waals surface area contributed by atoms with E-state index < -0.39 is 5.41 Å². The van der Waals surface area contributed by atoms with E-state index in [2.05, 4.69) is 13.8 Å². The van der Waals surface area contributed by atoms with Crippen molar-refractivity contribution >= 4 is 5.97 Å². The van der Waals surface area contributed by atoms with Crippen molar-refractivity contribution < 1.29 is 14.3 Å². The van der Waals surface area contributed by atoms with E-state index in [9.17, 15) is 4.79 Å². The monoisotopic (exact) mass is 271 g/mol. The third kappa shape index (κ3) is 4.77. The second-order valence-electron chi connectivity index (χ2n) is 5.61. The summed E-state index contributed by atoms with van der Waals surface area (Å²) in [5, 5.41) is 0. The standard InChI is InChI=1S/C15H29NO3/c1-3-5-6-13(4-2)11-19-14(17)15(12-16)7-9-18-10-8-15/h13H,3-12,16H2,1-2H3. The molecular weight excluding hydrogens is 242 g/mol. The Morgan fingerprint density at radius 2 is 2.05 bits per heavy atom. The quantitative estimate of drug-likeness (QED) is 0.689. The van der Waals surface area contributed by atoms with Crippen LogP contribution in [0.3, 0.4) is 0 Å². The number of carbonyl (C=O) groups is 1. The molecule has 1 aliphatic heterocycles. The van der Waals surface area contributed by atoms with Gasteiger partial charge in [0.2, 0.25) is 0 Å². The molecule has 112 valence electrons. The summed E-state index contributed by atoms with van der Waals surface area (Å²) in [7, 11) is 0. The van der Waals surface area contributed by atoms with E-state index in [1.807, 2.05) is 0 Å². The normalized spacial score (nSPS) is 19.9.